The maximum atomic E-state index is 11.9. The van der Waals surface area contributed by atoms with E-state index in [0.29, 0.717) is 6.07 Å². The Morgan fingerprint density at radius 3 is 2.31 bits per heavy atom. The summed E-state index contributed by atoms with van der Waals surface area (Å²) in [7, 11) is 0. The fourth-order valence-corrected chi connectivity index (χ4v) is 0.749. The second kappa shape index (κ2) is 4.02. The summed E-state index contributed by atoms with van der Waals surface area (Å²) in [4.78, 5) is 3.08. The van der Waals surface area contributed by atoms with Crippen molar-refractivity contribution in [3.05, 3.63) is 23.0 Å². The number of nitrogens with two attached hydrogens (primary N) is 1. The first-order valence-electron chi connectivity index (χ1n) is 2.89. The Hall–Kier alpha value is -0.680. The summed E-state index contributed by atoms with van der Waals surface area (Å²) in [6.07, 6.45) is -3.59. The summed E-state index contributed by atoms with van der Waals surface area (Å²) in [5.41, 5.74) is 4.16. The third-order valence-corrected chi connectivity index (χ3v) is 1.50. The van der Waals surface area contributed by atoms with Gasteiger partial charge in [0, 0.05) is 0 Å². The molecule has 0 atom stereocenters. The van der Waals surface area contributed by atoms with E-state index in [9.17, 15) is 13.2 Å². The van der Waals surface area contributed by atoms with Gasteiger partial charge in [0.2, 0.25) is 0 Å². The third kappa shape index (κ3) is 2.93. The molecule has 0 aliphatic rings. The molecule has 0 fully saturated rings. The minimum Gasteiger partial charge on any atom is -0.396 e. The van der Waals surface area contributed by atoms with Gasteiger partial charge in [-0.05, 0) is 6.07 Å². The van der Waals surface area contributed by atoms with Crippen LogP contribution in [0.4, 0.5) is 18.9 Å². The SMILES string of the molecule is Cl.Nc1cnc(C(F)(F)F)cc1Cl. The Labute approximate surface area is 83.3 Å². The number of aromatic nitrogens is 1. The fourth-order valence-electron chi connectivity index (χ4n) is 0.596. The van der Waals surface area contributed by atoms with Gasteiger partial charge in [0.25, 0.3) is 0 Å². The molecule has 1 heterocycles. The van der Waals surface area contributed by atoms with E-state index in [1.165, 1.54) is 0 Å². The van der Waals surface area contributed by atoms with Crippen molar-refractivity contribution in [3.63, 3.8) is 0 Å². The van der Waals surface area contributed by atoms with Gasteiger partial charge in [-0.3, -0.25) is 0 Å². The first kappa shape index (κ1) is 12.3. The molecule has 13 heavy (non-hydrogen) atoms. The standard InChI is InChI=1S/C6H4ClF3N2.ClH/c7-3-1-5(6(8,9)10)12-2-4(3)11;/h1-2H,11H2;1H. The van der Waals surface area contributed by atoms with E-state index in [1.807, 2.05) is 0 Å². The molecule has 0 radical (unpaired) electrons. The van der Waals surface area contributed by atoms with Crippen LogP contribution in [-0.4, -0.2) is 4.98 Å². The van der Waals surface area contributed by atoms with Crippen LogP contribution >= 0.6 is 24.0 Å². The molecular weight excluding hydrogens is 228 g/mol. The normalized spacial score (nSPS) is 10.8. The average Bonchev–Trinajstić information content (AvgIpc) is 1.92. The van der Waals surface area contributed by atoms with Gasteiger partial charge in [0.05, 0.1) is 16.9 Å². The Bertz CT molecular complexity index is 300. The van der Waals surface area contributed by atoms with E-state index in [-0.39, 0.29) is 23.1 Å². The van der Waals surface area contributed by atoms with Gasteiger partial charge in [0.1, 0.15) is 5.69 Å². The van der Waals surface area contributed by atoms with Crippen molar-refractivity contribution >= 4 is 29.7 Å². The topological polar surface area (TPSA) is 38.9 Å². The molecule has 0 aromatic carbocycles. The van der Waals surface area contributed by atoms with Crippen LogP contribution in [0.15, 0.2) is 12.3 Å². The van der Waals surface area contributed by atoms with Crippen LogP contribution in [0.5, 0.6) is 0 Å². The van der Waals surface area contributed by atoms with Gasteiger partial charge in [0.15, 0.2) is 0 Å². The number of nitrogen functional groups attached to an aromatic ring is 1. The average molecular weight is 233 g/mol. The summed E-state index contributed by atoms with van der Waals surface area (Å²) in [5, 5.41) is -0.141. The largest absolute Gasteiger partial charge is 0.433 e. The van der Waals surface area contributed by atoms with Gasteiger partial charge in [-0.2, -0.15) is 13.2 Å². The Morgan fingerprint density at radius 2 is 1.92 bits per heavy atom. The molecule has 74 valence electrons. The van der Waals surface area contributed by atoms with Crippen LogP contribution in [0, 0.1) is 0 Å². The lowest BCUT2D eigenvalue weighted by Crippen LogP contribution is -2.08. The second-order valence-corrected chi connectivity index (χ2v) is 2.50. The fraction of sp³-hybridized carbons (Fsp3) is 0.167. The van der Waals surface area contributed by atoms with Crippen LogP contribution in [-0.2, 0) is 6.18 Å². The summed E-state index contributed by atoms with van der Waals surface area (Å²) in [6, 6.07) is 0.691. The molecule has 2 N–H and O–H groups in total. The number of anilines is 1. The first-order chi connectivity index (χ1) is 5.41. The van der Waals surface area contributed by atoms with Gasteiger partial charge >= 0.3 is 6.18 Å². The van der Waals surface area contributed by atoms with E-state index in [2.05, 4.69) is 4.98 Å². The molecule has 0 aliphatic heterocycles. The lowest BCUT2D eigenvalue weighted by atomic mass is 10.3. The van der Waals surface area contributed by atoms with Crippen LogP contribution in [0.3, 0.4) is 0 Å². The van der Waals surface area contributed by atoms with Gasteiger partial charge in [-0.25, -0.2) is 4.98 Å². The van der Waals surface area contributed by atoms with Crippen LogP contribution in [0.1, 0.15) is 5.69 Å². The van der Waals surface area contributed by atoms with Crippen molar-refractivity contribution < 1.29 is 13.2 Å². The van der Waals surface area contributed by atoms with Crippen LogP contribution in [0.25, 0.3) is 0 Å². The summed E-state index contributed by atoms with van der Waals surface area (Å²) < 4.78 is 35.8. The number of rotatable bonds is 0. The summed E-state index contributed by atoms with van der Waals surface area (Å²) in [5.74, 6) is 0. The molecule has 0 bridgehead atoms. The van der Waals surface area contributed by atoms with Crippen LogP contribution in [0.2, 0.25) is 5.02 Å². The van der Waals surface area contributed by atoms with E-state index in [1.54, 1.807) is 0 Å². The van der Waals surface area contributed by atoms with Crippen molar-refractivity contribution in [1.29, 1.82) is 0 Å². The molecular formula is C6H5Cl2F3N2. The number of halogens is 5. The van der Waals surface area contributed by atoms with Crippen molar-refractivity contribution in [2.75, 3.05) is 5.73 Å². The summed E-state index contributed by atoms with van der Waals surface area (Å²) >= 11 is 5.35. The third-order valence-electron chi connectivity index (χ3n) is 1.17. The van der Waals surface area contributed by atoms with Gasteiger partial charge < -0.3 is 5.73 Å². The molecule has 1 rings (SSSR count). The molecule has 7 heteroatoms. The Balaban J connectivity index is 0.00000144. The first-order valence-corrected chi connectivity index (χ1v) is 3.27. The Morgan fingerprint density at radius 1 is 1.38 bits per heavy atom. The van der Waals surface area contributed by atoms with E-state index in [0.717, 1.165) is 6.20 Å². The molecule has 1 aromatic heterocycles. The maximum Gasteiger partial charge on any atom is 0.433 e. The zero-order valence-corrected chi connectivity index (χ0v) is 7.67. The van der Waals surface area contributed by atoms with Gasteiger partial charge in [-0.15, -0.1) is 12.4 Å². The number of nitrogens with zero attached hydrogens (tertiary/aromatic N) is 1. The highest BCUT2D eigenvalue weighted by atomic mass is 35.5. The summed E-state index contributed by atoms with van der Waals surface area (Å²) in [6.45, 7) is 0. The van der Waals surface area contributed by atoms with Crippen molar-refractivity contribution in [2.24, 2.45) is 0 Å². The van der Waals surface area contributed by atoms with Crippen LogP contribution < -0.4 is 5.73 Å². The molecule has 1 aromatic rings. The number of hydrogen-bond acceptors (Lipinski definition) is 2. The molecule has 0 unspecified atom stereocenters. The lowest BCUT2D eigenvalue weighted by Gasteiger charge is -2.05. The highest BCUT2D eigenvalue weighted by Crippen LogP contribution is 2.30. The molecule has 2 nitrogen and oxygen atoms in total. The van der Waals surface area contributed by atoms with E-state index < -0.39 is 11.9 Å². The predicted molar refractivity (Wildman–Crippen MR) is 45.9 cm³/mol. The van der Waals surface area contributed by atoms with Crippen molar-refractivity contribution in [3.8, 4) is 0 Å². The van der Waals surface area contributed by atoms with Crippen molar-refractivity contribution in [2.45, 2.75) is 6.18 Å². The zero-order valence-electron chi connectivity index (χ0n) is 6.10. The zero-order chi connectivity index (χ0) is 9.35. The molecule has 0 aliphatic carbocycles. The molecule has 0 spiro atoms. The number of pyridine rings is 1. The van der Waals surface area contributed by atoms with E-state index in [4.69, 9.17) is 17.3 Å². The highest BCUT2D eigenvalue weighted by molar-refractivity contribution is 6.33. The minimum atomic E-state index is -4.47. The lowest BCUT2D eigenvalue weighted by molar-refractivity contribution is -0.141. The predicted octanol–water partition coefficient (Wildman–Crippen LogP) is 2.76. The van der Waals surface area contributed by atoms with E-state index >= 15 is 0 Å². The van der Waals surface area contributed by atoms with Crippen molar-refractivity contribution in [1.82, 2.24) is 4.98 Å². The highest BCUT2D eigenvalue weighted by Gasteiger charge is 2.32. The molecule has 0 saturated heterocycles. The quantitative estimate of drug-likeness (QED) is 0.748. The monoisotopic (exact) mass is 232 g/mol. The number of alkyl halides is 3. The maximum absolute atomic E-state index is 11.9. The van der Waals surface area contributed by atoms with Gasteiger partial charge in [-0.1, -0.05) is 11.6 Å². The molecule has 0 amide bonds. The minimum absolute atomic E-state index is 0. The second-order valence-electron chi connectivity index (χ2n) is 2.09. The number of hydrogen-bond donors (Lipinski definition) is 1. The molecule has 0 saturated carbocycles. The smallest absolute Gasteiger partial charge is 0.396 e. The Kier molecular flexibility index (Phi) is 3.81.